The second-order valence-corrected chi connectivity index (χ2v) is 6.02. The molecule has 1 aromatic carbocycles. The number of amides is 1. The van der Waals surface area contributed by atoms with E-state index < -0.39 is 11.8 Å². The number of hydrogen-bond donors (Lipinski definition) is 1. The van der Waals surface area contributed by atoms with Gasteiger partial charge in [0.05, 0.1) is 17.8 Å². The topological polar surface area (TPSA) is 71.5 Å². The highest BCUT2D eigenvalue weighted by Gasteiger charge is 2.26. The van der Waals surface area contributed by atoms with Crippen LogP contribution >= 0.6 is 0 Å². The molecule has 2 heterocycles. The van der Waals surface area contributed by atoms with Crippen LogP contribution in [0.2, 0.25) is 0 Å². The van der Waals surface area contributed by atoms with E-state index in [9.17, 15) is 14.0 Å². The third-order valence-corrected chi connectivity index (χ3v) is 4.31. The lowest BCUT2D eigenvalue weighted by molar-refractivity contribution is -0.127. The van der Waals surface area contributed by atoms with Gasteiger partial charge in [0, 0.05) is 37.6 Å². The van der Waals surface area contributed by atoms with Crippen molar-refractivity contribution < 1.29 is 18.7 Å². The van der Waals surface area contributed by atoms with E-state index in [1.165, 1.54) is 25.3 Å². The molecular weight excluding hydrogens is 325 g/mol. The van der Waals surface area contributed by atoms with Gasteiger partial charge < -0.3 is 15.0 Å². The van der Waals surface area contributed by atoms with Gasteiger partial charge in [-0.2, -0.15) is 0 Å². The molecule has 1 fully saturated rings. The second kappa shape index (κ2) is 7.04. The van der Waals surface area contributed by atoms with E-state index in [1.807, 2.05) is 0 Å². The van der Waals surface area contributed by atoms with Gasteiger partial charge in [-0.15, -0.1) is 0 Å². The van der Waals surface area contributed by atoms with E-state index in [2.05, 4.69) is 10.3 Å². The van der Waals surface area contributed by atoms with E-state index in [0.717, 1.165) is 6.42 Å². The standard InChI is InChI=1S/C18H20FN3O3/c1-3-25-18(24)15-9-20-16-5-4-12(19)8-14(16)17(15)21-13-6-7-22(10-13)11(2)23/h4-5,8-9,13H,3,6-7,10H2,1-2H3,(H,20,21). The summed E-state index contributed by atoms with van der Waals surface area (Å²) in [6.07, 6.45) is 2.19. The lowest BCUT2D eigenvalue weighted by atomic mass is 10.1. The fourth-order valence-corrected chi connectivity index (χ4v) is 3.05. The first-order valence-electron chi connectivity index (χ1n) is 8.27. The molecule has 2 aromatic rings. The number of likely N-dealkylation sites (tertiary alicyclic amines) is 1. The molecule has 0 saturated carbocycles. The smallest absolute Gasteiger partial charge is 0.341 e. The van der Waals surface area contributed by atoms with Crippen molar-refractivity contribution in [2.75, 3.05) is 25.0 Å². The van der Waals surface area contributed by atoms with Crippen LogP contribution in [0.4, 0.5) is 10.1 Å². The molecule has 6 nitrogen and oxygen atoms in total. The lowest BCUT2D eigenvalue weighted by Crippen LogP contribution is -2.30. The second-order valence-electron chi connectivity index (χ2n) is 6.02. The highest BCUT2D eigenvalue weighted by Crippen LogP contribution is 2.29. The maximum atomic E-state index is 13.8. The number of nitrogens with zero attached hydrogens (tertiary/aromatic N) is 2. The third kappa shape index (κ3) is 3.55. The van der Waals surface area contributed by atoms with Crippen LogP contribution in [0.1, 0.15) is 30.6 Å². The Kier molecular flexibility index (Phi) is 4.83. The highest BCUT2D eigenvalue weighted by atomic mass is 19.1. The molecular formula is C18H20FN3O3. The highest BCUT2D eigenvalue weighted by molar-refractivity contribution is 6.05. The SMILES string of the molecule is CCOC(=O)c1cnc2ccc(F)cc2c1NC1CCN(C(C)=O)C1. The monoisotopic (exact) mass is 345 g/mol. The van der Waals surface area contributed by atoms with Crippen molar-refractivity contribution in [3.63, 3.8) is 0 Å². The zero-order valence-electron chi connectivity index (χ0n) is 14.2. The first-order chi connectivity index (χ1) is 12.0. The maximum Gasteiger partial charge on any atom is 0.341 e. The number of ether oxygens (including phenoxy) is 1. The number of nitrogens with one attached hydrogen (secondary N) is 1. The Balaban J connectivity index is 2.00. The normalized spacial score (nSPS) is 16.9. The molecule has 1 amide bonds. The minimum atomic E-state index is -0.509. The Hall–Kier alpha value is -2.70. The average molecular weight is 345 g/mol. The number of carbonyl (C=O) groups is 2. The molecule has 1 unspecified atom stereocenters. The first kappa shape index (κ1) is 17.1. The zero-order valence-corrected chi connectivity index (χ0v) is 14.2. The fourth-order valence-electron chi connectivity index (χ4n) is 3.05. The maximum absolute atomic E-state index is 13.8. The van der Waals surface area contributed by atoms with Crippen molar-refractivity contribution in [2.45, 2.75) is 26.3 Å². The Labute approximate surface area is 145 Å². The number of rotatable bonds is 4. The molecule has 1 aliphatic heterocycles. The summed E-state index contributed by atoms with van der Waals surface area (Å²) < 4.78 is 18.8. The Morgan fingerprint density at radius 3 is 2.92 bits per heavy atom. The molecule has 1 atom stereocenters. The van der Waals surface area contributed by atoms with Gasteiger partial charge in [-0.1, -0.05) is 0 Å². The molecule has 0 aliphatic carbocycles. The lowest BCUT2D eigenvalue weighted by Gasteiger charge is -2.19. The number of benzene rings is 1. The average Bonchev–Trinajstić information content (AvgIpc) is 3.04. The van der Waals surface area contributed by atoms with Crippen molar-refractivity contribution in [3.05, 3.63) is 35.8 Å². The number of carbonyl (C=O) groups excluding carboxylic acids is 2. The minimum Gasteiger partial charge on any atom is -0.462 e. The van der Waals surface area contributed by atoms with Crippen LogP contribution in [0.25, 0.3) is 10.9 Å². The Bertz CT molecular complexity index is 825. The molecule has 132 valence electrons. The summed E-state index contributed by atoms with van der Waals surface area (Å²) in [7, 11) is 0. The molecule has 0 spiro atoms. The van der Waals surface area contributed by atoms with E-state index in [4.69, 9.17) is 4.74 Å². The molecule has 0 bridgehead atoms. The van der Waals surface area contributed by atoms with Gasteiger partial charge >= 0.3 is 5.97 Å². The van der Waals surface area contributed by atoms with Crippen LogP contribution in [0.15, 0.2) is 24.4 Å². The molecule has 7 heteroatoms. The summed E-state index contributed by atoms with van der Waals surface area (Å²) in [5.41, 5.74) is 1.35. The van der Waals surface area contributed by atoms with Gasteiger partial charge in [0.2, 0.25) is 5.91 Å². The number of aromatic nitrogens is 1. The third-order valence-electron chi connectivity index (χ3n) is 4.31. The number of hydrogen-bond acceptors (Lipinski definition) is 5. The van der Waals surface area contributed by atoms with E-state index in [1.54, 1.807) is 17.9 Å². The van der Waals surface area contributed by atoms with E-state index in [-0.39, 0.29) is 24.1 Å². The van der Waals surface area contributed by atoms with Crippen LogP contribution in [0.5, 0.6) is 0 Å². The number of pyridine rings is 1. The van der Waals surface area contributed by atoms with Crippen molar-refractivity contribution in [1.82, 2.24) is 9.88 Å². The minimum absolute atomic E-state index is 0.0144. The van der Waals surface area contributed by atoms with E-state index >= 15 is 0 Å². The number of esters is 1. The van der Waals surface area contributed by atoms with Gasteiger partial charge in [-0.3, -0.25) is 9.78 Å². The van der Waals surface area contributed by atoms with Crippen molar-refractivity contribution in [1.29, 1.82) is 0 Å². The summed E-state index contributed by atoms with van der Waals surface area (Å²) in [5.74, 6) is -0.902. The molecule has 0 radical (unpaired) electrons. The summed E-state index contributed by atoms with van der Waals surface area (Å²) in [4.78, 5) is 29.8. The summed E-state index contributed by atoms with van der Waals surface area (Å²) in [6, 6.07) is 4.23. The van der Waals surface area contributed by atoms with E-state index in [0.29, 0.717) is 29.7 Å². The summed E-state index contributed by atoms with van der Waals surface area (Å²) in [6.45, 7) is 4.68. The van der Waals surface area contributed by atoms with Gasteiger partial charge in [0.15, 0.2) is 0 Å². The molecule has 25 heavy (non-hydrogen) atoms. The molecule has 1 aliphatic rings. The zero-order chi connectivity index (χ0) is 18.0. The fraction of sp³-hybridized carbons (Fsp3) is 0.389. The number of anilines is 1. The number of fused-ring (bicyclic) bond motifs is 1. The summed E-state index contributed by atoms with van der Waals surface area (Å²) in [5, 5.41) is 3.82. The van der Waals surface area contributed by atoms with Gasteiger partial charge in [0.25, 0.3) is 0 Å². The molecule has 1 aromatic heterocycles. The van der Waals surface area contributed by atoms with Crippen LogP contribution in [-0.2, 0) is 9.53 Å². The van der Waals surface area contributed by atoms with Crippen molar-refractivity contribution in [3.8, 4) is 0 Å². The van der Waals surface area contributed by atoms with Gasteiger partial charge in [-0.25, -0.2) is 9.18 Å². The van der Waals surface area contributed by atoms with Gasteiger partial charge in [0.1, 0.15) is 11.4 Å². The van der Waals surface area contributed by atoms with Crippen molar-refractivity contribution >= 4 is 28.5 Å². The largest absolute Gasteiger partial charge is 0.462 e. The van der Waals surface area contributed by atoms with Crippen molar-refractivity contribution in [2.24, 2.45) is 0 Å². The first-order valence-corrected chi connectivity index (χ1v) is 8.27. The van der Waals surface area contributed by atoms with Crippen LogP contribution in [0, 0.1) is 5.82 Å². The molecule has 1 N–H and O–H groups in total. The number of halogens is 1. The Morgan fingerprint density at radius 2 is 2.24 bits per heavy atom. The van der Waals surface area contributed by atoms with Crippen LogP contribution in [0.3, 0.4) is 0 Å². The molecule has 3 rings (SSSR count). The molecule has 1 saturated heterocycles. The Morgan fingerprint density at radius 1 is 1.44 bits per heavy atom. The quantitative estimate of drug-likeness (QED) is 0.863. The predicted molar refractivity (Wildman–Crippen MR) is 91.9 cm³/mol. The van der Waals surface area contributed by atoms with Crippen LogP contribution in [-0.4, -0.2) is 47.5 Å². The summed E-state index contributed by atoms with van der Waals surface area (Å²) >= 11 is 0. The van der Waals surface area contributed by atoms with Gasteiger partial charge in [-0.05, 0) is 31.5 Å². The van der Waals surface area contributed by atoms with Crippen LogP contribution < -0.4 is 5.32 Å². The predicted octanol–water partition coefficient (Wildman–Crippen LogP) is 2.58.